The second-order valence-corrected chi connectivity index (χ2v) is 8.25. The molecule has 0 saturated heterocycles. The van der Waals surface area contributed by atoms with E-state index in [0.29, 0.717) is 5.92 Å². The van der Waals surface area contributed by atoms with E-state index in [1.165, 1.54) is 19.3 Å². The molecule has 0 N–H and O–H groups in total. The van der Waals surface area contributed by atoms with Crippen molar-refractivity contribution in [2.24, 2.45) is 5.92 Å². The van der Waals surface area contributed by atoms with Crippen LogP contribution < -0.4 is 10.0 Å². The highest BCUT2D eigenvalue weighted by molar-refractivity contribution is 7.66. The van der Waals surface area contributed by atoms with Crippen molar-refractivity contribution in [1.29, 1.82) is 0 Å². The first-order valence-corrected chi connectivity index (χ1v) is 10.7. The van der Waals surface area contributed by atoms with Crippen LogP contribution in [0, 0.1) is 19.8 Å². The molecule has 26 heavy (non-hydrogen) atoms. The molecule has 0 heterocycles. The second kappa shape index (κ2) is 10.5. The fourth-order valence-corrected chi connectivity index (χ4v) is 4.23. The molecule has 0 spiro atoms. The molecule has 2 rings (SSSR count). The summed E-state index contributed by atoms with van der Waals surface area (Å²) < 4.78 is 5.96. The van der Waals surface area contributed by atoms with Crippen LogP contribution in [-0.4, -0.2) is 12.1 Å². The zero-order chi connectivity index (χ0) is 18.9. The fourth-order valence-electron chi connectivity index (χ4n) is 3.11. The maximum Gasteiger partial charge on any atom is 0.186 e. The quantitative estimate of drug-likeness (QED) is 0.476. The third-order valence-electron chi connectivity index (χ3n) is 4.85. The fraction of sp³-hybridized carbons (Fsp3) is 0.435. The maximum absolute atomic E-state index is 12.7. The molecule has 2 unspecified atom stereocenters. The first-order chi connectivity index (χ1) is 12.5. The second-order valence-electron chi connectivity index (χ2n) is 6.97. The Bertz CT molecular complexity index is 686. The van der Waals surface area contributed by atoms with E-state index >= 15 is 0 Å². The van der Waals surface area contributed by atoms with E-state index in [-0.39, 0.29) is 14.1 Å². The minimum atomic E-state index is 0.148. The Morgan fingerprint density at radius 3 is 2.27 bits per heavy atom. The Labute approximate surface area is 160 Å². The highest BCUT2D eigenvalue weighted by Gasteiger charge is 2.13. The first kappa shape index (κ1) is 20.6. The lowest BCUT2D eigenvalue weighted by molar-refractivity contribution is 0.108. The molecule has 0 saturated carbocycles. The Morgan fingerprint density at radius 2 is 1.69 bits per heavy atom. The standard InChI is InChI=1S/C23H31O2P/c1-5-7-11-19(6-2)16-25-20-12-14-21(15-13-20)26-23(24)22-17(3)9-8-10-18(22)4/h8-10,12-15,19,26H,5-7,11,16H2,1-4H3. The molecule has 0 amide bonds. The van der Waals surface area contributed by atoms with Gasteiger partial charge in [-0.2, -0.15) is 0 Å². The van der Waals surface area contributed by atoms with Gasteiger partial charge >= 0.3 is 0 Å². The number of aryl methyl sites for hydroxylation is 2. The number of carbonyl (C=O) groups is 1. The number of unbranched alkanes of at least 4 members (excludes halogenated alkanes) is 1. The molecule has 0 aliphatic heterocycles. The summed E-state index contributed by atoms with van der Waals surface area (Å²) in [6, 6.07) is 14.0. The summed E-state index contributed by atoms with van der Waals surface area (Å²) in [5.41, 5.74) is 3.19. The molecule has 0 aliphatic carbocycles. The molecule has 0 radical (unpaired) electrons. The average molecular weight is 370 g/mol. The van der Waals surface area contributed by atoms with Gasteiger partial charge in [-0.15, -0.1) is 0 Å². The van der Waals surface area contributed by atoms with Crippen LogP contribution in [0.2, 0.25) is 0 Å². The molecule has 2 aromatic carbocycles. The smallest absolute Gasteiger partial charge is 0.186 e. The summed E-state index contributed by atoms with van der Waals surface area (Å²) >= 11 is 0. The van der Waals surface area contributed by atoms with Crippen molar-refractivity contribution in [2.45, 2.75) is 53.4 Å². The minimum absolute atomic E-state index is 0.148. The Hall–Kier alpha value is -1.66. The Morgan fingerprint density at radius 1 is 1.04 bits per heavy atom. The zero-order valence-corrected chi connectivity index (χ0v) is 17.5. The number of benzene rings is 2. The van der Waals surface area contributed by atoms with Gasteiger partial charge in [0.15, 0.2) is 5.52 Å². The minimum Gasteiger partial charge on any atom is -0.493 e. The van der Waals surface area contributed by atoms with Crippen LogP contribution in [0.25, 0.3) is 0 Å². The van der Waals surface area contributed by atoms with Crippen LogP contribution in [0.4, 0.5) is 0 Å². The van der Waals surface area contributed by atoms with Crippen LogP contribution in [0.1, 0.15) is 61.0 Å². The molecule has 0 aromatic heterocycles. The number of hydrogen-bond acceptors (Lipinski definition) is 2. The summed E-state index contributed by atoms with van der Waals surface area (Å²) in [4.78, 5) is 12.7. The summed E-state index contributed by atoms with van der Waals surface area (Å²) in [6.45, 7) is 9.24. The molecule has 0 bridgehead atoms. The van der Waals surface area contributed by atoms with E-state index in [0.717, 1.165) is 40.8 Å². The van der Waals surface area contributed by atoms with Crippen LogP contribution in [-0.2, 0) is 0 Å². The van der Waals surface area contributed by atoms with Crippen molar-refractivity contribution in [3.8, 4) is 5.75 Å². The summed E-state index contributed by atoms with van der Waals surface area (Å²) in [5.74, 6) is 1.52. The molecule has 2 nitrogen and oxygen atoms in total. The predicted octanol–water partition coefficient (Wildman–Crippen LogP) is 6.04. The van der Waals surface area contributed by atoms with Crippen molar-refractivity contribution in [3.63, 3.8) is 0 Å². The van der Waals surface area contributed by atoms with E-state index in [2.05, 4.69) is 13.8 Å². The van der Waals surface area contributed by atoms with Crippen molar-refractivity contribution < 1.29 is 9.53 Å². The predicted molar refractivity (Wildman–Crippen MR) is 113 cm³/mol. The third-order valence-corrected chi connectivity index (χ3v) is 5.95. The molecular formula is C23H31O2P. The monoisotopic (exact) mass is 370 g/mol. The summed E-state index contributed by atoms with van der Waals surface area (Å²) in [7, 11) is 0.148. The summed E-state index contributed by atoms with van der Waals surface area (Å²) in [6.07, 6.45) is 4.89. The molecule has 3 heteroatoms. The lowest BCUT2D eigenvalue weighted by Gasteiger charge is -2.15. The summed E-state index contributed by atoms with van der Waals surface area (Å²) in [5, 5.41) is 1.06. The maximum atomic E-state index is 12.7. The zero-order valence-electron chi connectivity index (χ0n) is 16.5. The molecule has 2 atom stereocenters. The number of carbonyl (C=O) groups excluding carboxylic acids is 1. The lowest BCUT2D eigenvalue weighted by atomic mass is 10.0. The van der Waals surface area contributed by atoms with Crippen molar-refractivity contribution in [1.82, 2.24) is 0 Å². The van der Waals surface area contributed by atoms with Gasteiger partial charge in [-0.05, 0) is 63.3 Å². The Balaban J connectivity index is 1.94. The molecule has 0 fully saturated rings. The van der Waals surface area contributed by atoms with Gasteiger partial charge in [-0.3, -0.25) is 4.79 Å². The van der Waals surface area contributed by atoms with Gasteiger partial charge in [0, 0.05) is 5.56 Å². The molecule has 0 aliphatic rings. The van der Waals surface area contributed by atoms with Crippen molar-refractivity contribution >= 4 is 19.4 Å². The van der Waals surface area contributed by atoms with Crippen LogP contribution in [0.3, 0.4) is 0 Å². The molecule has 2 aromatic rings. The number of hydrogen-bond donors (Lipinski definition) is 0. The average Bonchev–Trinajstić information content (AvgIpc) is 2.63. The van der Waals surface area contributed by atoms with Gasteiger partial charge < -0.3 is 4.74 Å². The van der Waals surface area contributed by atoms with Gasteiger partial charge in [-0.25, -0.2) is 0 Å². The lowest BCUT2D eigenvalue weighted by Crippen LogP contribution is -2.11. The third kappa shape index (κ3) is 5.95. The molecular weight excluding hydrogens is 339 g/mol. The van der Waals surface area contributed by atoms with E-state index in [1.807, 2.05) is 56.3 Å². The van der Waals surface area contributed by atoms with Gasteiger partial charge in [0.25, 0.3) is 0 Å². The topological polar surface area (TPSA) is 26.3 Å². The van der Waals surface area contributed by atoms with Gasteiger partial charge in [0.05, 0.1) is 6.61 Å². The number of rotatable bonds is 10. The Kier molecular flexibility index (Phi) is 8.32. The van der Waals surface area contributed by atoms with Crippen LogP contribution >= 0.6 is 8.58 Å². The highest BCUT2D eigenvalue weighted by atomic mass is 31.1. The van der Waals surface area contributed by atoms with E-state index in [1.54, 1.807) is 0 Å². The van der Waals surface area contributed by atoms with Gasteiger partial charge in [-0.1, -0.05) is 63.4 Å². The SMILES string of the molecule is CCCCC(CC)COc1ccc(PC(=O)c2c(C)cccc2C)cc1. The van der Waals surface area contributed by atoms with Crippen molar-refractivity contribution in [2.75, 3.05) is 6.61 Å². The largest absolute Gasteiger partial charge is 0.493 e. The van der Waals surface area contributed by atoms with Gasteiger partial charge in [0.2, 0.25) is 0 Å². The van der Waals surface area contributed by atoms with E-state index in [9.17, 15) is 4.79 Å². The highest BCUT2D eigenvalue weighted by Crippen LogP contribution is 2.25. The number of ether oxygens (including phenoxy) is 1. The van der Waals surface area contributed by atoms with Crippen LogP contribution in [0.15, 0.2) is 42.5 Å². The van der Waals surface area contributed by atoms with Crippen molar-refractivity contribution in [3.05, 3.63) is 59.2 Å². The molecule has 140 valence electrons. The normalized spacial score (nSPS) is 12.5. The van der Waals surface area contributed by atoms with Crippen LogP contribution in [0.5, 0.6) is 5.75 Å². The van der Waals surface area contributed by atoms with E-state index < -0.39 is 0 Å². The van der Waals surface area contributed by atoms with E-state index in [4.69, 9.17) is 4.74 Å². The first-order valence-electron chi connectivity index (χ1n) is 9.65. The van der Waals surface area contributed by atoms with Gasteiger partial charge in [0.1, 0.15) is 5.75 Å².